The Labute approximate surface area is 113 Å². The van der Waals surface area contributed by atoms with Gasteiger partial charge in [0.1, 0.15) is 11.5 Å². The molecule has 0 aliphatic carbocycles. The fourth-order valence-electron chi connectivity index (χ4n) is 2.67. The standard InChI is InChI=1S/C16H19NO2/c1-11-6-7-15(19-11)14(17)10-16-13-5-3-2-4-12(13)8-9-18-16/h2-7,14,16H,8-10,17H2,1H3. The number of furan rings is 1. The van der Waals surface area contributed by atoms with Crippen molar-refractivity contribution >= 4 is 0 Å². The Morgan fingerprint density at radius 3 is 2.89 bits per heavy atom. The number of nitrogens with two attached hydrogens (primary N) is 1. The highest BCUT2D eigenvalue weighted by Crippen LogP contribution is 2.33. The van der Waals surface area contributed by atoms with Crippen LogP contribution in [-0.4, -0.2) is 6.61 Å². The zero-order chi connectivity index (χ0) is 13.2. The lowest BCUT2D eigenvalue weighted by molar-refractivity contribution is 0.0306. The summed E-state index contributed by atoms with van der Waals surface area (Å²) in [5.41, 5.74) is 8.87. The molecule has 2 unspecified atom stereocenters. The van der Waals surface area contributed by atoms with Crippen LogP contribution in [0.5, 0.6) is 0 Å². The normalized spacial score (nSPS) is 20.0. The Morgan fingerprint density at radius 2 is 2.11 bits per heavy atom. The van der Waals surface area contributed by atoms with Crippen LogP contribution >= 0.6 is 0 Å². The summed E-state index contributed by atoms with van der Waals surface area (Å²) in [4.78, 5) is 0. The molecule has 0 spiro atoms. The molecule has 2 N–H and O–H groups in total. The van der Waals surface area contributed by atoms with E-state index < -0.39 is 0 Å². The van der Waals surface area contributed by atoms with Crippen LogP contribution in [0, 0.1) is 6.92 Å². The van der Waals surface area contributed by atoms with Crippen molar-refractivity contribution in [2.45, 2.75) is 31.9 Å². The van der Waals surface area contributed by atoms with Crippen molar-refractivity contribution in [1.29, 1.82) is 0 Å². The van der Waals surface area contributed by atoms with E-state index in [0.717, 1.165) is 31.0 Å². The van der Waals surface area contributed by atoms with Crippen LogP contribution in [0.3, 0.4) is 0 Å². The summed E-state index contributed by atoms with van der Waals surface area (Å²) in [6.07, 6.45) is 1.82. The summed E-state index contributed by atoms with van der Waals surface area (Å²) in [5.74, 6) is 1.74. The minimum atomic E-state index is -0.121. The van der Waals surface area contributed by atoms with E-state index in [2.05, 4.69) is 24.3 Å². The quantitative estimate of drug-likeness (QED) is 0.917. The number of ether oxygens (including phenoxy) is 1. The zero-order valence-corrected chi connectivity index (χ0v) is 11.1. The molecule has 3 rings (SSSR count). The largest absolute Gasteiger partial charge is 0.465 e. The highest BCUT2D eigenvalue weighted by atomic mass is 16.5. The summed E-state index contributed by atoms with van der Waals surface area (Å²) >= 11 is 0. The molecule has 3 heteroatoms. The molecule has 0 bridgehead atoms. The molecule has 0 amide bonds. The summed E-state index contributed by atoms with van der Waals surface area (Å²) in [6.45, 7) is 2.70. The van der Waals surface area contributed by atoms with Gasteiger partial charge in [-0.3, -0.25) is 0 Å². The third kappa shape index (κ3) is 2.57. The van der Waals surface area contributed by atoms with Crippen LogP contribution in [-0.2, 0) is 11.2 Å². The molecule has 19 heavy (non-hydrogen) atoms. The van der Waals surface area contributed by atoms with E-state index in [4.69, 9.17) is 14.9 Å². The highest BCUT2D eigenvalue weighted by Gasteiger charge is 2.24. The van der Waals surface area contributed by atoms with Gasteiger partial charge in [0.25, 0.3) is 0 Å². The summed E-state index contributed by atoms with van der Waals surface area (Å²) in [7, 11) is 0. The van der Waals surface area contributed by atoms with E-state index in [-0.39, 0.29) is 12.1 Å². The van der Waals surface area contributed by atoms with Gasteiger partial charge in [0.2, 0.25) is 0 Å². The molecule has 0 saturated heterocycles. The van der Waals surface area contributed by atoms with Gasteiger partial charge in [-0.05, 0) is 36.6 Å². The number of fused-ring (bicyclic) bond motifs is 1. The van der Waals surface area contributed by atoms with Crippen LogP contribution in [0.25, 0.3) is 0 Å². The maximum atomic E-state index is 6.22. The minimum absolute atomic E-state index is 0.0744. The molecule has 0 radical (unpaired) electrons. The molecule has 1 aliphatic heterocycles. The van der Waals surface area contributed by atoms with E-state index in [0.29, 0.717) is 0 Å². The number of aryl methyl sites for hydroxylation is 1. The molecule has 3 nitrogen and oxygen atoms in total. The molecule has 1 aromatic heterocycles. The van der Waals surface area contributed by atoms with Crippen LogP contribution in [0.15, 0.2) is 40.8 Å². The molecule has 100 valence electrons. The third-order valence-electron chi connectivity index (χ3n) is 3.69. The van der Waals surface area contributed by atoms with Gasteiger partial charge in [-0.2, -0.15) is 0 Å². The fourth-order valence-corrected chi connectivity index (χ4v) is 2.67. The first-order valence-corrected chi connectivity index (χ1v) is 6.75. The Morgan fingerprint density at radius 1 is 1.26 bits per heavy atom. The summed E-state index contributed by atoms with van der Waals surface area (Å²) in [5, 5.41) is 0. The summed E-state index contributed by atoms with van der Waals surface area (Å²) < 4.78 is 11.5. The third-order valence-corrected chi connectivity index (χ3v) is 3.69. The second-order valence-corrected chi connectivity index (χ2v) is 5.10. The number of rotatable bonds is 3. The van der Waals surface area contributed by atoms with Gasteiger partial charge in [0.05, 0.1) is 18.8 Å². The molecule has 1 aromatic carbocycles. The van der Waals surface area contributed by atoms with Crippen LogP contribution in [0.1, 0.15) is 41.2 Å². The first-order valence-electron chi connectivity index (χ1n) is 6.75. The van der Waals surface area contributed by atoms with Gasteiger partial charge >= 0.3 is 0 Å². The molecule has 0 saturated carbocycles. The van der Waals surface area contributed by atoms with Crippen molar-refractivity contribution in [1.82, 2.24) is 0 Å². The average molecular weight is 257 g/mol. The Kier molecular flexibility index (Phi) is 3.40. The van der Waals surface area contributed by atoms with Crippen molar-refractivity contribution < 1.29 is 9.15 Å². The van der Waals surface area contributed by atoms with Crippen LogP contribution in [0.2, 0.25) is 0 Å². The average Bonchev–Trinajstić information content (AvgIpc) is 2.86. The number of hydrogen-bond donors (Lipinski definition) is 1. The van der Waals surface area contributed by atoms with Gasteiger partial charge < -0.3 is 14.9 Å². The van der Waals surface area contributed by atoms with E-state index >= 15 is 0 Å². The molecular weight excluding hydrogens is 238 g/mol. The van der Waals surface area contributed by atoms with Gasteiger partial charge in [-0.15, -0.1) is 0 Å². The number of hydrogen-bond acceptors (Lipinski definition) is 3. The maximum Gasteiger partial charge on any atom is 0.120 e. The smallest absolute Gasteiger partial charge is 0.120 e. The van der Waals surface area contributed by atoms with Crippen molar-refractivity contribution in [3.8, 4) is 0 Å². The zero-order valence-electron chi connectivity index (χ0n) is 11.1. The number of benzene rings is 1. The molecular formula is C16H19NO2. The second kappa shape index (κ2) is 5.19. The topological polar surface area (TPSA) is 48.4 Å². The monoisotopic (exact) mass is 257 g/mol. The molecule has 2 heterocycles. The van der Waals surface area contributed by atoms with Crippen molar-refractivity contribution in [2.75, 3.05) is 6.61 Å². The lowest BCUT2D eigenvalue weighted by Gasteiger charge is -2.27. The Hall–Kier alpha value is -1.58. The van der Waals surface area contributed by atoms with Gasteiger partial charge in [-0.1, -0.05) is 24.3 Å². The minimum Gasteiger partial charge on any atom is -0.465 e. The van der Waals surface area contributed by atoms with Crippen LogP contribution in [0.4, 0.5) is 0 Å². The first-order chi connectivity index (χ1) is 9.24. The SMILES string of the molecule is Cc1ccc(C(N)CC2OCCc3ccccc32)o1. The van der Waals surface area contributed by atoms with Gasteiger partial charge in [0, 0.05) is 6.42 Å². The van der Waals surface area contributed by atoms with E-state index in [9.17, 15) is 0 Å². The maximum absolute atomic E-state index is 6.22. The predicted molar refractivity (Wildman–Crippen MR) is 73.8 cm³/mol. The van der Waals surface area contributed by atoms with E-state index in [1.54, 1.807) is 0 Å². The molecule has 0 fully saturated rings. The van der Waals surface area contributed by atoms with Crippen molar-refractivity contribution in [2.24, 2.45) is 5.73 Å². The summed E-state index contributed by atoms with van der Waals surface area (Å²) in [6, 6.07) is 12.2. The van der Waals surface area contributed by atoms with Gasteiger partial charge in [-0.25, -0.2) is 0 Å². The van der Waals surface area contributed by atoms with Crippen molar-refractivity contribution in [3.63, 3.8) is 0 Å². The molecule has 2 aromatic rings. The predicted octanol–water partition coefficient (Wildman–Crippen LogP) is 3.29. The first kappa shape index (κ1) is 12.5. The second-order valence-electron chi connectivity index (χ2n) is 5.10. The fraction of sp³-hybridized carbons (Fsp3) is 0.375. The lowest BCUT2D eigenvalue weighted by Crippen LogP contribution is -2.21. The molecule has 2 atom stereocenters. The van der Waals surface area contributed by atoms with E-state index in [1.807, 2.05) is 19.1 Å². The molecule has 1 aliphatic rings. The van der Waals surface area contributed by atoms with E-state index in [1.165, 1.54) is 11.1 Å². The van der Waals surface area contributed by atoms with Gasteiger partial charge in [0.15, 0.2) is 0 Å². The van der Waals surface area contributed by atoms with Crippen molar-refractivity contribution in [3.05, 3.63) is 59.0 Å². The van der Waals surface area contributed by atoms with Crippen LogP contribution < -0.4 is 5.73 Å². The lowest BCUT2D eigenvalue weighted by atomic mass is 9.93. The highest BCUT2D eigenvalue weighted by molar-refractivity contribution is 5.31. The Balaban J connectivity index is 1.77. The Bertz CT molecular complexity index is 561.